The number of halogens is 4. The van der Waals surface area contributed by atoms with Gasteiger partial charge in [0, 0.05) is 36.0 Å². The minimum absolute atomic E-state index is 0.0316. The van der Waals surface area contributed by atoms with Gasteiger partial charge in [-0.05, 0) is 42.0 Å². The van der Waals surface area contributed by atoms with Crippen molar-refractivity contribution < 1.29 is 22.5 Å². The molecule has 5 nitrogen and oxygen atoms in total. The van der Waals surface area contributed by atoms with Gasteiger partial charge in [-0.25, -0.2) is 0 Å². The minimum Gasteiger partial charge on any atom is -0.338 e. The summed E-state index contributed by atoms with van der Waals surface area (Å²) in [5.41, 5.74) is 0.556. The first-order valence-electron chi connectivity index (χ1n) is 8.83. The lowest BCUT2D eigenvalue weighted by atomic mass is 10.1. The molecule has 150 valence electrons. The number of nitrogens with zero attached hydrogens (tertiary/aromatic N) is 3. The second-order valence-corrected chi connectivity index (χ2v) is 7.27. The van der Waals surface area contributed by atoms with Gasteiger partial charge in [-0.2, -0.15) is 18.2 Å². The summed E-state index contributed by atoms with van der Waals surface area (Å²) in [6.45, 7) is 0.858. The Hall–Kier alpha value is -2.87. The lowest BCUT2D eigenvalue weighted by Crippen LogP contribution is -2.24. The molecule has 1 aromatic heterocycles. The van der Waals surface area contributed by atoms with E-state index in [0.717, 1.165) is 17.7 Å². The van der Waals surface area contributed by atoms with E-state index < -0.39 is 11.7 Å². The number of likely N-dealkylation sites (tertiary alicyclic amines) is 1. The maximum atomic E-state index is 12.7. The molecule has 4 rings (SSSR count). The highest BCUT2D eigenvalue weighted by molar-refractivity contribution is 6.30. The standard InChI is InChI=1S/C20H15ClF3N3O2/c21-16-3-1-2-12(8-16)10-27-11-14(9-17(27)28)18-25-19(29-26-18)13-4-6-15(7-5-13)20(22,23)24/h1-8,14H,9-11H2. The zero-order valence-corrected chi connectivity index (χ0v) is 15.7. The van der Waals surface area contributed by atoms with E-state index in [9.17, 15) is 18.0 Å². The third-order valence-electron chi connectivity index (χ3n) is 4.74. The highest BCUT2D eigenvalue weighted by Gasteiger charge is 2.34. The molecular weight excluding hydrogens is 407 g/mol. The van der Waals surface area contributed by atoms with Crippen LogP contribution in [0.25, 0.3) is 11.5 Å². The molecular formula is C20H15ClF3N3O2. The monoisotopic (exact) mass is 421 g/mol. The van der Waals surface area contributed by atoms with E-state index in [-0.39, 0.29) is 24.1 Å². The van der Waals surface area contributed by atoms with Crippen LogP contribution in [-0.2, 0) is 17.5 Å². The van der Waals surface area contributed by atoms with Gasteiger partial charge in [-0.3, -0.25) is 4.79 Å². The summed E-state index contributed by atoms with van der Waals surface area (Å²) >= 11 is 5.99. The smallest absolute Gasteiger partial charge is 0.338 e. The van der Waals surface area contributed by atoms with Gasteiger partial charge < -0.3 is 9.42 Å². The Morgan fingerprint density at radius 2 is 1.93 bits per heavy atom. The van der Waals surface area contributed by atoms with Crippen LogP contribution in [-0.4, -0.2) is 27.5 Å². The van der Waals surface area contributed by atoms with Crippen LogP contribution in [0.15, 0.2) is 53.1 Å². The maximum Gasteiger partial charge on any atom is 0.416 e. The Bertz CT molecular complexity index is 1030. The number of aromatic nitrogens is 2. The third kappa shape index (κ3) is 4.27. The second kappa shape index (κ2) is 7.51. The molecule has 9 heteroatoms. The zero-order valence-electron chi connectivity index (χ0n) is 15.0. The number of hydrogen-bond acceptors (Lipinski definition) is 4. The first-order chi connectivity index (χ1) is 13.8. The lowest BCUT2D eigenvalue weighted by molar-refractivity contribution is -0.137. The fraction of sp³-hybridized carbons (Fsp3) is 0.250. The molecule has 1 aliphatic rings. The molecule has 1 fully saturated rings. The molecule has 0 bridgehead atoms. The SMILES string of the molecule is O=C1CC(c2noc(-c3ccc(C(F)(F)F)cc3)n2)CN1Cc1cccc(Cl)c1. The normalized spacial score (nSPS) is 17.2. The molecule has 1 atom stereocenters. The zero-order chi connectivity index (χ0) is 20.6. The minimum atomic E-state index is -4.41. The van der Waals surface area contributed by atoms with E-state index >= 15 is 0 Å². The van der Waals surface area contributed by atoms with Crippen LogP contribution in [0.3, 0.4) is 0 Å². The maximum absolute atomic E-state index is 12.7. The van der Waals surface area contributed by atoms with Gasteiger partial charge in [0.2, 0.25) is 5.91 Å². The lowest BCUT2D eigenvalue weighted by Gasteiger charge is -2.16. The van der Waals surface area contributed by atoms with Crippen molar-refractivity contribution in [3.63, 3.8) is 0 Å². The fourth-order valence-corrected chi connectivity index (χ4v) is 3.49. The molecule has 0 aliphatic carbocycles. The number of alkyl halides is 3. The Labute approximate surface area is 169 Å². The van der Waals surface area contributed by atoms with Crippen LogP contribution in [0.2, 0.25) is 5.02 Å². The first kappa shape index (κ1) is 19.4. The van der Waals surface area contributed by atoms with Crippen molar-refractivity contribution in [2.24, 2.45) is 0 Å². The summed E-state index contributed by atoms with van der Waals surface area (Å²) in [4.78, 5) is 18.3. The molecule has 2 aromatic carbocycles. The average molecular weight is 422 g/mol. The van der Waals surface area contributed by atoms with Crippen molar-refractivity contribution in [2.75, 3.05) is 6.54 Å². The van der Waals surface area contributed by atoms with E-state index in [1.807, 2.05) is 12.1 Å². The van der Waals surface area contributed by atoms with Crippen molar-refractivity contribution in [1.29, 1.82) is 0 Å². The molecule has 0 spiro atoms. The van der Waals surface area contributed by atoms with Gasteiger partial charge in [0.15, 0.2) is 5.82 Å². The average Bonchev–Trinajstić information content (AvgIpc) is 3.29. The van der Waals surface area contributed by atoms with E-state index in [1.54, 1.807) is 17.0 Å². The molecule has 1 aliphatic heterocycles. The first-order valence-corrected chi connectivity index (χ1v) is 9.21. The van der Waals surface area contributed by atoms with Crippen LogP contribution in [0.1, 0.15) is 29.3 Å². The molecule has 1 unspecified atom stereocenters. The summed E-state index contributed by atoms with van der Waals surface area (Å²) in [6.07, 6.45) is -4.16. The molecule has 1 saturated heterocycles. The Morgan fingerprint density at radius 3 is 2.62 bits per heavy atom. The summed E-state index contributed by atoms with van der Waals surface area (Å²) in [5.74, 6) is 0.209. The summed E-state index contributed by atoms with van der Waals surface area (Å²) in [5, 5.41) is 4.53. The Morgan fingerprint density at radius 1 is 1.17 bits per heavy atom. The Balaban J connectivity index is 1.46. The van der Waals surface area contributed by atoms with Crippen molar-refractivity contribution in [2.45, 2.75) is 25.1 Å². The number of rotatable bonds is 4. The molecule has 2 heterocycles. The fourth-order valence-electron chi connectivity index (χ4n) is 3.27. The number of hydrogen-bond donors (Lipinski definition) is 0. The van der Waals surface area contributed by atoms with E-state index in [1.165, 1.54) is 12.1 Å². The molecule has 29 heavy (non-hydrogen) atoms. The second-order valence-electron chi connectivity index (χ2n) is 6.84. The number of amides is 1. The van der Waals surface area contributed by atoms with Crippen molar-refractivity contribution >= 4 is 17.5 Å². The molecule has 0 N–H and O–H groups in total. The van der Waals surface area contributed by atoms with Gasteiger partial charge in [-0.1, -0.05) is 28.9 Å². The van der Waals surface area contributed by atoms with E-state index in [4.69, 9.17) is 16.1 Å². The topological polar surface area (TPSA) is 59.2 Å². The van der Waals surface area contributed by atoms with Crippen LogP contribution in [0, 0.1) is 0 Å². The van der Waals surface area contributed by atoms with Crippen LogP contribution in [0.4, 0.5) is 13.2 Å². The van der Waals surface area contributed by atoms with Crippen molar-refractivity contribution in [3.8, 4) is 11.5 Å². The van der Waals surface area contributed by atoms with Crippen molar-refractivity contribution in [1.82, 2.24) is 15.0 Å². The van der Waals surface area contributed by atoms with E-state index in [2.05, 4.69) is 10.1 Å². The Kier molecular flexibility index (Phi) is 5.04. The molecule has 0 saturated carbocycles. The van der Waals surface area contributed by atoms with Crippen LogP contribution < -0.4 is 0 Å². The largest absolute Gasteiger partial charge is 0.416 e. The highest BCUT2D eigenvalue weighted by Crippen LogP contribution is 2.32. The summed E-state index contributed by atoms with van der Waals surface area (Å²) < 4.78 is 43.3. The number of benzene rings is 2. The predicted molar refractivity (Wildman–Crippen MR) is 99.0 cm³/mol. The van der Waals surface area contributed by atoms with Crippen LogP contribution >= 0.6 is 11.6 Å². The van der Waals surface area contributed by atoms with Gasteiger partial charge in [0.05, 0.1) is 5.56 Å². The third-order valence-corrected chi connectivity index (χ3v) is 4.98. The number of carbonyl (C=O) groups excluding carboxylic acids is 1. The molecule has 0 radical (unpaired) electrons. The predicted octanol–water partition coefficient (Wildman–Crippen LogP) is 4.92. The van der Waals surface area contributed by atoms with Crippen molar-refractivity contribution in [3.05, 3.63) is 70.5 Å². The van der Waals surface area contributed by atoms with E-state index in [0.29, 0.717) is 29.5 Å². The highest BCUT2D eigenvalue weighted by atomic mass is 35.5. The quantitative estimate of drug-likeness (QED) is 0.599. The van der Waals surface area contributed by atoms with Gasteiger partial charge in [0.25, 0.3) is 5.89 Å². The molecule has 1 amide bonds. The van der Waals surface area contributed by atoms with Gasteiger partial charge in [-0.15, -0.1) is 0 Å². The van der Waals surface area contributed by atoms with Gasteiger partial charge in [0.1, 0.15) is 0 Å². The summed E-state index contributed by atoms with van der Waals surface area (Å²) in [6, 6.07) is 11.8. The van der Waals surface area contributed by atoms with Crippen LogP contribution in [0.5, 0.6) is 0 Å². The summed E-state index contributed by atoms with van der Waals surface area (Å²) in [7, 11) is 0. The molecule has 3 aromatic rings. The number of carbonyl (C=O) groups is 1. The van der Waals surface area contributed by atoms with Gasteiger partial charge >= 0.3 is 6.18 Å².